The van der Waals surface area contributed by atoms with E-state index >= 15 is 0 Å². The van der Waals surface area contributed by atoms with Gasteiger partial charge in [-0.05, 0) is 53.6 Å². The van der Waals surface area contributed by atoms with Gasteiger partial charge in [-0.1, -0.05) is 6.07 Å². The molecule has 0 N–H and O–H groups in total. The number of carbonyl (C=O) groups excluding carboxylic acids is 1. The Bertz CT molecular complexity index is 1050. The predicted octanol–water partition coefficient (Wildman–Crippen LogP) is 4.61. The average molecular weight is 413 g/mol. The molecule has 1 aromatic heterocycles. The van der Waals surface area contributed by atoms with Crippen molar-refractivity contribution in [1.82, 2.24) is 4.90 Å². The molecule has 0 bridgehead atoms. The zero-order valence-electron chi connectivity index (χ0n) is 16.1. The average Bonchev–Trinajstić information content (AvgIpc) is 3.23. The quantitative estimate of drug-likeness (QED) is 0.613. The van der Waals surface area contributed by atoms with Gasteiger partial charge in [-0.2, -0.15) is 0 Å². The second kappa shape index (κ2) is 8.13. The Kier molecular flexibility index (Phi) is 5.40. The molecule has 3 aromatic rings. The van der Waals surface area contributed by atoms with Crippen LogP contribution in [-0.4, -0.2) is 38.2 Å². The third-order valence-corrected chi connectivity index (χ3v) is 5.75. The predicted molar refractivity (Wildman–Crippen MR) is 109 cm³/mol. The zero-order chi connectivity index (χ0) is 20.4. The number of hydrogen-bond acceptors (Lipinski definition) is 5. The molecule has 4 rings (SSSR count). The summed E-state index contributed by atoms with van der Waals surface area (Å²) in [5, 5.41) is 0. The highest BCUT2D eigenvalue weighted by atomic mass is 32.1. The number of rotatable bonds is 5. The smallest absolute Gasteiger partial charge is 0.263 e. The van der Waals surface area contributed by atoms with Gasteiger partial charge < -0.3 is 19.1 Å². The minimum Gasteiger partial charge on any atom is -0.494 e. The van der Waals surface area contributed by atoms with Gasteiger partial charge in [-0.25, -0.2) is 4.39 Å². The molecule has 0 radical (unpaired) electrons. The van der Waals surface area contributed by atoms with Crippen LogP contribution in [0.15, 0.2) is 48.5 Å². The third kappa shape index (κ3) is 4.05. The number of halogens is 1. The standard InChI is InChI=1S/C22H20FNO4S/c1-24(13-14-3-5-17(26-2)16(23)11-14)22(25)21-8-7-20(29-21)15-4-6-18-19(12-15)28-10-9-27-18/h3-8,11-12H,9-10,13H2,1-2H3. The van der Waals surface area contributed by atoms with Crippen molar-refractivity contribution < 1.29 is 23.4 Å². The fraction of sp³-hybridized carbons (Fsp3) is 0.227. The Hall–Kier alpha value is -3.06. The summed E-state index contributed by atoms with van der Waals surface area (Å²) in [6.45, 7) is 1.38. The van der Waals surface area contributed by atoms with E-state index < -0.39 is 5.82 Å². The molecule has 0 spiro atoms. The first-order chi connectivity index (χ1) is 14.0. The summed E-state index contributed by atoms with van der Waals surface area (Å²) in [6.07, 6.45) is 0. The van der Waals surface area contributed by atoms with Gasteiger partial charge >= 0.3 is 0 Å². The third-order valence-electron chi connectivity index (χ3n) is 4.63. The number of hydrogen-bond donors (Lipinski definition) is 0. The van der Waals surface area contributed by atoms with Crippen LogP contribution in [0, 0.1) is 5.82 Å². The molecule has 5 nitrogen and oxygen atoms in total. The van der Waals surface area contributed by atoms with E-state index in [1.165, 1.54) is 24.5 Å². The van der Waals surface area contributed by atoms with Gasteiger partial charge in [0.2, 0.25) is 0 Å². The number of fused-ring (bicyclic) bond motifs is 1. The van der Waals surface area contributed by atoms with Crippen LogP contribution in [0.1, 0.15) is 15.2 Å². The molecule has 0 saturated carbocycles. The van der Waals surface area contributed by atoms with E-state index in [2.05, 4.69) is 0 Å². The molecule has 29 heavy (non-hydrogen) atoms. The van der Waals surface area contributed by atoms with Crippen molar-refractivity contribution in [1.29, 1.82) is 0 Å². The first-order valence-corrected chi connectivity index (χ1v) is 9.94. The number of methoxy groups -OCH3 is 1. The fourth-order valence-corrected chi connectivity index (χ4v) is 4.14. The van der Waals surface area contributed by atoms with E-state index in [1.807, 2.05) is 30.3 Å². The van der Waals surface area contributed by atoms with Crippen molar-refractivity contribution in [3.63, 3.8) is 0 Å². The first-order valence-electron chi connectivity index (χ1n) is 9.13. The molecular weight excluding hydrogens is 393 g/mol. The molecule has 1 amide bonds. The van der Waals surface area contributed by atoms with Crippen molar-refractivity contribution in [3.05, 3.63) is 64.8 Å². The monoisotopic (exact) mass is 413 g/mol. The lowest BCUT2D eigenvalue weighted by Crippen LogP contribution is -2.25. The number of carbonyl (C=O) groups is 1. The first kappa shape index (κ1) is 19.3. The van der Waals surface area contributed by atoms with Gasteiger partial charge in [-0.3, -0.25) is 4.79 Å². The van der Waals surface area contributed by atoms with E-state index in [4.69, 9.17) is 14.2 Å². The molecule has 1 aliphatic rings. The highest BCUT2D eigenvalue weighted by Crippen LogP contribution is 2.37. The molecule has 150 valence electrons. The van der Waals surface area contributed by atoms with Crippen LogP contribution in [0.4, 0.5) is 4.39 Å². The normalized spacial score (nSPS) is 12.5. The second-order valence-corrected chi connectivity index (χ2v) is 7.74. The Morgan fingerprint density at radius 3 is 2.66 bits per heavy atom. The van der Waals surface area contributed by atoms with Crippen LogP contribution >= 0.6 is 11.3 Å². The summed E-state index contributed by atoms with van der Waals surface area (Å²) in [4.78, 5) is 16.0. The van der Waals surface area contributed by atoms with Gasteiger partial charge in [0.15, 0.2) is 23.1 Å². The lowest BCUT2D eigenvalue weighted by molar-refractivity contribution is 0.0789. The molecule has 0 fully saturated rings. The van der Waals surface area contributed by atoms with Crippen LogP contribution < -0.4 is 14.2 Å². The summed E-state index contributed by atoms with van der Waals surface area (Å²) >= 11 is 1.41. The van der Waals surface area contributed by atoms with Gasteiger partial charge in [0.25, 0.3) is 5.91 Å². The molecule has 0 atom stereocenters. The molecule has 7 heteroatoms. The summed E-state index contributed by atoms with van der Waals surface area (Å²) in [5.74, 6) is 1.08. The van der Waals surface area contributed by atoms with Crippen molar-refractivity contribution in [2.45, 2.75) is 6.54 Å². The van der Waals surface area contributed by atoms with Crippen LogP contribution in [-0.2, 0) is 6.54 Å². The Morgan fingerprint density at radius 1 is 1.10 bits per heavy atom. The topological polar surface area (TPSA) is 48.0 Å². The van der Waals surface area contributed by atoms with E-state index in [-0.39, 0.29) is 11.7 Å². The minimum absolute atomic E-state index is 0.116. The van der Waals surface area contributed by atoms with Crippen molar-refractivity contribution in [2.24, 2.45) is 0 Å². The van der Waals surface area contributed by atoms with E-state index in [9.17, 15) is 9.18 Å². The molecule has 0 aliphatic carbocycles. The van der Waals surface area contributed by atoms with Crippen LogP contribution in [0.5, 0.6) is 17.2 Å². The van der Waals surface area contributed by atoms with Gasteiger partial charge in [0, 0.05) is 18.5 Å². The van der Waals surface area contributed by atoms with E-state index in [0.717, 1.165) is 16.2 Å². The summed E-state index contributed by atoms with van der Waals surface area (Å²) in [6, 6.07) is 14.2. The van der Waals surface area contributed by atoms with Crippen molar-refractivity contribution in [2.75, 3.05) is 27.4 Å². The van der Waals surface area contributed by atoms with E-state index in [1.54, 1.807) is 24.1 Å². The van der Waals surface area contributed by atoms with Gasteiger partial charge in [-0.15, -0.1) is 11.3 Å². The molecule has 0 unspecified atom stereocenters. The maximum absolute atomic E-state index is 13.9. The van der Waals surface area contributed by atoms with Crippen LogP contribution in [0.3, 0.4) is 0 Å². The van der Waals surface area contributed by atoms with Crippen molar-refractivity contribution in [3.8, 4) is 27.7 Å². The van der Waals surface area contributed by atoms with Crippen molar-refractivity contribution >= 4 is 17.2 Å². The molecule has 0 saturated heterocycles. The number of benzene rings is 2. The van der Waals surface area contributed by atoms with Crippen LogP contribution in [0.2, 0.25) is 0 Å². The largest absolute Gasteiger partial charge is 0.494 e. The highest BCUT2D eigenvalue weighted by molar-refractivity contribution is 7.17. The van der Waals surface area contributed by atoms with E-state index in [0.29, 0.717) is 35.9 Å². The number of amides is 1. The number of ether oxygens (including phenoxy) is 3. The highest BCUT2D eigenvalue weighted by Gasteiger charge is 2.18. The SMILES string of the molecule is COc1ccc(CN(C)C(=O)c2ccc(-c3ccc4c(c3)OCCO4)s2)cc1F. The molecule has 2 aromatic carbocycles. The molecular formula is C22H20FNO4S. The van der Waals surface area contributed by atoms with Gasteiger partial charge in [0.05, 0.1) is 12.0 Å². The number of thiophene rings is 1. The Balaban J connectivity index is 1.48. The second-order valence-electron chi connectivity index (χ2n) is 6.65. The summed E-state index contributed by atoms with van der Waals surface area (Å²) in [5.41, 5.74) is 1.67. The lowest BCUT2D eigenvalue weighted by Gasteiger charge is -2.18. The number of nitrogens with zero attached hydrogens (tertiary/aromatic N) is 1. The minimum atomic E-state index is -0.442. The maximum atomic E-state index is 13.9. The molecule has 1 aliphatic heterocycles. The zero-order valence-corrected chi connectivity index (χ0v) is 16.9. The Labute approximate surface area is 172 Å². The Morgan fingerprint density at radius 2 is 1.90 bits per heavy atom. The lowest BCUT2D eigenvalue weighted by atomic mass is 10.1. The van der Waals surface area contributed by atoms with Gasteiger partial charge in [0.1, 0.15) is 13.2 Å². The summed E-state index contributed by atoms with van der Waals surface area (Å²) in [7, 11) is 3.12. The summed E-state index contributed by atoms with van der Waals surface area (Å²) < 4.78 is 30.0. The van der Waals surface area contributed by atoms with Crippen LogP contribution in [0.25, 0.3) is 10.4 Å². The fourth-order valence-electron chi connectivity index (χ4n) is 3.15. The molecule has 2 heterocycles. The maximum Gasteiger partial charge on any atom is 0.263 e.